The Morgan fingerprint density at radius 1 is 0.958 bits per heavy atom. The fourth-order valence-corrected chi connectivity index (χ4v) is 1.82. The molecule has 2 aromatic rings. The van der Waals surface area contributed by atoms with Crippen molar-refractivity contribution in [2.75, 3.05) is 10.6 Å². The van der Waals surface area contributed by atoms with Gasteiger partial charge in [-0.25, -0.2) is 4.79 Å². The minimum atomic E-state index is -4.78. The summed E-state index contributed by atoms with van der Waals surface area (Å²) in [5, 5.41) is 4.84. The number of nitrogens with two attached hydrogens (primary N) is 1. The van der Waals surface area contributed by atoms with Crippen molar-refractivity contribution >= 4 is 23.3 Å². The Labute approximate surface area is 134 Å². The van der Waals surface area contributed by atoms with Gasteiger partial charge in [-0.05, 0) is 42.5 Å². The molecule has 0 aromatic heterocycles. The van der Waals surface area contributed by atoms with Crippen LogP contribution in [0.1, 0.15) is 10.4 Å². The number of hydrogen-bond acceptors (Lipinski definition) is 3. The fourth-order valence-electron chi connectivity index (χ4n) is 1.82. The third-order valence-electron chi connectivity index (χ3n) is 2.74. The van der Waals surface area contributed by atoms with Crippen molar-refractivity contribution in [2.24, 2.45) is 5.73 Å². The average Bonchev–Trinajstić information content (AvgIpc) is 2.47. The van der Waals surface area contributed by atoms with Crippen molar-refractivity contribution in [3.63, 3.8) is 0 Å². The molecule has 0 aliphatic carbocycles. The monoisotopic (exact) mass is 339 g/mol. The van der Waals surface area contributed by atoms with E-state index in [0.717, 1.165) is 12.1 Å². The van der Waals surface area contributed by atoms with Crippen LogP contribution in [0, 0.1) is 0 Å². The molecule has 0 aliphatic heterocycles. The quantitative estimate of drug-likeness (QED) is 0.797. The number of ether oxygens (including phenoxy) is 1. The Hall–Kier alpha value is -3.23. The first-order valence-electron chi connectivity index (χ1n) is 6.56. The molecule has 0 aliphatic rings. The van der Waals surface area contributed by atoms with E-state index >= 15 is 0 Å². The maximum Gasteiger partial charge on any atom is 0.573 e. The number of benzene rings is 2. The smallest absolute Gasteiger partial charge is 0.406 e. The van der Waals surface area contributed by atoms with E-state index in [1.54, 1.807) is 12.1 Å². The zero-order chi connectivity index (χ0) is 17.7. The number of rotatable bonds is 4. The van der Waals surface area contributed by atoms with E-state index < -0.39 is 24.1 Å². The molecule has 0 atom stereocenters. The van der Waals surface area contributed by atoms with E-state index in [4.69, 9.17) is 5.73 Å². The number of amides is 3. The number of alkyl halides is 3. The maximum atomic E-state index is 12.1. The highest BCUT2D eigenvalue weighted by Gasteiger charge is 2.30. The van der Waals surface area contributed by atoms with E-state index in [-0.39, 0.29) is 11.3 Å². The Kier molecular flexibility index (Phi) is 4.93. The topological polar surface area (TPSA) is 93.5 Å². The van der Waals surface area contributed by atoms with Crippen LogP contribution >= 0.6 is 0 Å². The number of carbonyl (C=O) groups excluding carboxylic acids is 2. The van der Waals surface area contributed by atoms with Gasteiger partial charge in [-0.3, -0.25) is 4.79 Å². The van der Waals surface area contributed by atoms with Crippen LogP contribution in [0.25, 0.3) is 0 Å². The number of carbonyl (C=O) groups is 2. The van der Waals surface area contributed by atoms with Crippen LogP contribution < -0.4 is 21.1 Å². The number of anilines is 2. The molecule has 126 valence electrons. The second kappa shape index (κ2) is 6.90. The van der Waals surface area contributed by atoms with Gasteiger partial charge in [-0.15, -0.1) is 13.2 Å². The van der Waals surface area contributed by atoms with Gasteiger partial charge >= 0.3 is 12.4 Å². The number of hydrogen-bond donors (Lipinski definition) is 3. The summed E-state index contributed by atoms with van der Waals surface area (Å²) >= 11 is 0. The van der Waals surface area contributed by atoms with Gasteiger partial charge in [-0.2, -0.15) is 0 Å². The Morgan fingerprint density at radius 3 is 2.21 bits per heavy atom. The first-order chi connectivity index (χ1) is 11.2. The lowest BCUT2D eigenvalue weighted by Crippen LogP contribution is -2.20. The van der Waals surface area contributed by atoms with Gasteiger partial charge in [0.25, 0.3) is 5.91 Å². The molecule has 0 spiro atoms. The van der Waals surface area contributed by atoms with Gasteiger partial charge in [0.1, 0.15) is 5.75 Å². The molecule has 4 N–H and O–H groups in total. The lowest BCUT2D eigenvalue weighted by Gasteiger charge is -2.10. The molecule has 2 aromatic carbocycles. The van der Waals surface area contributed by atoms with Crippen molar-refractivity contribution in [1.82, 2.24) is 0 Å². The van der Waals surface area contributed by atoms with Crippen LogP contribution in [0.4, 0.5) is 29.3 Å². The molecular formula is C15H12F3N3O3. The number of primary amides is 1. The second-order valence-electron chi connectivity index (χ2n) is 4.60. The summed E-state index contributed by atoms with van der Waals surface area (Å²) < 4.78 is 39.9. The van der Waals surface area contributed by atoms with E-state index in [0.29, 0.717) is 5.69 Å². The van der Waals surface area contributed by atoms with Crippen LogP contribution in [0.5, 0.6) is 5.75 Å². The van der Waals surface area contributed by atoms with Gasteiger partial charge in [0.05, 0.1) is 0 Å². The largest absolute Gasteiger partial charge is 0.573 e. The van der Waals surface area contributed by atoms with Crippen LogP contribution in [0.15, 0.2) is 48.5 Å². The molecule has 6 nitrogen and oxygen atoms in total. The highest BCUT2D eigenvalue weighted by molar-refractivity contribution is 6.05. The van der Waals surface area contributed by atoms with Crippen LogP contribution in [-0.2, 0) is 0 Å². The lowest BCUT2D eigenvalue weighted by molar-refractivity contribution is -0.274. The first kappa shape index (κ1) is 17.1. The first-order valence-corrected chi connectivity index (χ1v) is 6.56. The summed E-state index contributed by atoms with van der Waals surface area (Å²) in [5.41, 5.74) is 5.84. The van der Waals surface area contributed by atoms with Gasteiger partial charge in [0.2, 0.25) is 0 Å². The Bertz CT molecular complexity index is 746. The summed E-state index contributed by atoms with van der Waals surface area (Å²) in [6.45, 7) is 0. The average molecular weight is 339 g/mol. The Balaban J connectivity index is 2.05. The van der Waals surface area contributed by atoms with Crippen LogP contribution in [0.2, 0.25) is 0 Å². The molecular weight excluding hydrogens is 327 g/mol. The summed E-state index contributed by atoms with van der Waals surface area (Å²) in [7, 11) is 0. The van der Waals surface area contributed by atoms with E-state index in [1.165, 1.54) is 24.3 Å². The van der Waals surface area contributed by atoms with Crippen molar-refractivity contribution in [3.8, 4) is 5.75 Å². The van der Waals surface area contributed by atoms with E-state index in [1.807, 2.05) is 0 Å². The van der Waals surface area contributed by atoms with Crippen molar-refractivity contribution < 1.29 is 27.5 Å². The molecule has 0 saturated heterocycles. The number of nitrogens with one attached hydrogen (secondary N) is 2. The fraction of sp³-hybridized carbons (Fsp3) is 0.0667. The predicted molar refractivity (Wildman–Crippen MR) is 80.7 cm³/mol. The molecule has 9 heteroatoms. The second-order valence-corrected chi connectivity index (χ2v) is 4.60. The van der Waals surface area contributed by atoms with Gasteiger partial charge in [-0.1, -0.05) is 6.07 Å². The zero-order valence-corrected chi connectivity index (χ0v) is 12.1. The van der Waals surface area contributed by atoms with Crippen molar-refractivity contribution in [1.29, 1.82) is 0 Å². The molecule has 0 heterocycles. The predicted octanol–water partition coefficient (Wildman–Crippen LogP) is 3.33. The van der Waals surface area contributed by atoms with Crippen molar-refractivity contribution in [3.05, 3.63) is 54.1 Å². The molecule has 0 bridgehead atoms. The van der Waals surface area contributed by atoms with Gasteiger partial charge in [0.15, 0.2) is 0 Å². The van der Waals surface area contributed by atoms with Crippen LogP contribution in [0.3, 0.4) is 0 Å². The summed E-state index contributed by atoms with van der Waals surface area (Å²) in [6, 6.07) is 9.92. The number of urea groups is 1. The normalized spacial score (nSPS) is 10.8. The van der Waals surface area contributed by atoms with E-state index in [2.05, 4.69) is 15.4 Å². The lowest BCUT2D eigenvalue weighted by atomic mass is 10.2. The Morgan fingerprint density at radius 2 is 1.62 bits per heavy atom. The zero-order valence-electron chi connectivity index (χ0n) is 12.1. The molecule has 0 saturated carbocycles. The molecule has 0 radical (unpaired) electrons. The minimum absolute atomic E-state index is 0.233. The van der Waals surface area contributed by atoms with E-state index in [9.17, 15) is 22.8 Å². The molecule has 0 fully saturated rings. The molecule has 24 heavy (non-hydrogen) atoms. The SMILES string of the molecule is NC(=O)Nc1cccc(C(=O)Nc2ccc(OC(F)(F)F)cc2)c1. The van der Waals surface area contributed by atoms with Gasteiger partial charge in [0, 0.05) is 16.9 Å². The molecule has 3 amide bonds. The van der Waals surface area contributed by atoms with Crippen LogP contribution in [-0.4, -0.2) is 18.3 Å². The van der Waals surface area contributed by atoms with Gasteiger partial charge < -0.3 is 21.1 Å². The van der Waals surface area contributed by atoms with Crippen molar-refractivity contribution in [2.45, 2.75) is 6.36 Å². The molecule has 0 unspecified atom stereocenters. The standard InChI is InChI=1S/C15H12F3N3O3/c16-15(17,18)24-12-6-4-10(5-7-12)20-13(22)9-2-1-3-11(8-9)21-14(19)23/h1-8H,(H,20,22)(H3,19,21,23). The third-order valence-corrected chi connectivity index (χ3v) is 2.74. The summed E-state index contributed by atoms with van der Waals surface area (Å²) in [4.78, 5) is 22.9. The maximum absolute atomic E-state index is 12.1. The minimum Gasteiger partial charge on any atom is -0.406 e. The molecule has 2 rings (SSSR count). The highest BCUT2D eigenvalue weighted by Crippen LogP contribution is 2.24. The number of halogens is 3. The summed E-state index contributed by atoms with van der Waals surface area (Å²) in [6.07, 6.45) is -4.78. The third kappa shape index (κ3) is 5.20. The summed E-state index contributed by atoms with van der Waals surface area (Å²) in [5.74, 6) is -0.902. The highest BCUT2D eigenvalue weighted by atomic mass is 19.4.